The van der Waals surface area contributed by atoms with Crippen molar-refractivity contribution >= 4 is 5.91 Å². The number of primary amides is 1. The second-order valence-electron chi connectivity index (χ2n) is 0.531. The van der Waals surface area contributed by atoms with Gasteiger partial charge in [0.25, 0.3) is 0 Å². The summed E-state index contributed by atoms with van der Waals surface area (Å²) in [5, 5.41) is 7.54. The van der Waals surface area contributed by atoms with Gasteiger partial charge in [-0.3, -0.25) is 0 Å². The molecule has 3 N–H and O–H groups in total. The molecule has 4 heteroatoms. The van der Waals surface area contributed by atoms with Crippen molar-refractivity contribution < 1.29 is 28.8 Å². The van der Waals surface area contributed by atoms with E-state index in [0.717, 1.165) is 0 Å². The SMILES string of the molecule is NC(=O)[CH-]O.[Li+]. The Balaban J connectivity index is 0. The minimum atomic E-state index is -0.815. The van der Waals surface area contributed by atoms with Crippen LogP contribution in [-0.2, 0) is 4.79 Å². The van der Waals surface area contributed by atoms with Crippen LogP contribution < -0.4 is 24.6 Å². The van der Waals surface area contributed by atoms with Gasteiger partial charge in [-0.05, 0) is 0 Å². The van der Waals surface area contributed by atoms with E-state index in [1.165, 1.54) is 0 Å². The number of carbonyl (C=O) groups is 1. The molecule has 0 bridgehead atoms. The van der Waals surface area contributed by atoms with Gasteiger partial charge in [0.05, 0.1) is 0 Å². The molecule has 0 aliphatic carbocycles. The molecule has 0 saturated carbocycles. The quantitative estimate of drug-likeness (QED) is 0.249. The molecule has 6 heavy (non-hydrogen) atoms. The van der Waals surface area contributed by atoms with Crippen molar-refractivity contribution in [3.05, 3.63) is 6.61 Å². The van der Waals surface area contributed by atoms with Crippen LogP contribution in [0.25, 0.3) is 0 Å². The van der Waals surface area contributed by atoms with Crippen molar-refractivity contribution in [2.75, 3.05) is 0 Å². The summed E-state index contributed by atoms with van der Waals surface area (Å²) in [5.41, 5.74) is 4.35. The summed E-state index contributed by atoms with van der Waals surface area (Å²) in [6.45, 7) is 0.306. The van der Waals surface area contributed by atoms with Crippen LogP contribution in [0.3, 0.4) is 0 Å². The fraction of sp³-hybridized carbons (Fsp3) is 0. The third-order valence-corrected chi connectivity index (χ3v) is 0.127. The first-order valence-corrected chi connectivity index (χ1v) is 1.04. The second kappa shape index (κ2) is 4.90. The van der Waals surface area contributed by atoms with E-state index in [9.17, 15) is 4.79 Å². The number of rotatable bonds is 1. The standard InChI is InChI=1S/C2H4NO2.Li/c3-2(5)1-4;/h1,4H,(H2,3,5);/q-1;+1. The normalized spacial score (nSPS) is 5.50. The smallest absolute Gasteiger partial charge is 0.538 e. The molecule has 0 saturated heterocycles. The van der Waals surface area contributed by atoms with Crippen LogP contribution in [0.1, 0.15) is 0 Å². The molecule has 1 amide bonds. The zero-order valence-electron chi connectivity index (χ0n) is 3.51. The van der Waals surface area contributed by atoms with Gasteiger partial charge < -0.3 is 15.6 Å². The molecule has 0 aromatic rings. The Kier molecular flexibility index (Phi) is 7.60. The Hall–Kier alpha value is -0.103. The van der Waals surface area contributed by atoms with Gasteiger partial charge in [0.1, 0.15) is 5.91 Å². The molecule has 0 aromatic heterocycles. The predicted molar refractivity (Wildman–Crippen MR) is 15.4 cm³/mol. The van der Waals surface area contributed by atoms with Crippen molar-refractivity contribution in [3.8, 4) is 0 Å². The number of hydrogen-bond donors (Lipinski definition) is 2. The van der Waals surface area contributed by atoms with Gasteiger partial charge in [0.2, 0.25) is 0 Å². The van der Waals surface area contributed by atoms with E-state index in [0.29, 0.717) is 6.61 Å². The first kappa shape index (κ1) is 9.31. The van der Waals surface area contributed by atoms with Crippen LogP contribution in [0.5, 0.6) is 0 Å². The topological polar surface area (TPSA) is 63.3 Å². The minimum absolute atomic E-state index is 0. The van der Waals surface area contributed by atoms with E-state index in [2.05, 4.69) is 5.73 Å². The van der Waals surface area contributed by atoms with E-state index in [-0.39, 0.29) is 18.9 Å². The Bertz CT molecular complexity index is 46.8. The average molecular weight is 81.0 g/mol. The van der Waals surface area contributed by atoms with E-state index in [1.807, 2.05) is 0 Å². The van der Waals surface area contributed by atoms with Crippen molar-refractivity contribution in [1.29, 1.82) is 0 Å². The first-order valence-electron chi connectivity index (χ1n) is 1.04. The molecule has 0 aromatic carbocycles. The minimum Gasteiger partial charge on any atom is -0.538 e. The summed E-state index contributed by atoms with van der Waals surface area (Å²) < 4.78 is 0. The first-order chi connectivity index (χ1) is 2.27. The van der Waals surface area contributed by atoms with Crippen LogP contribution in [0.2, 0.25) is 0 Å². The number of carbonyl (C=O) groups excluding carboxylic acids is 1. The zero-order chi connectivity index (χ0) is 4.28. The van der Waals surface area contributed by atoms with Crippen LogP contribution in [0.15, 0.2) is 0 Å². The number of aliphatic hydroxyl groups is 1. The van der Waals surface area contributed by atoms with E-state index in [1.54, 1.807) is 0 Å². The van der Waals surface area contributed by atoms with Crippen LogP contribution in [0, 0.1) is 6.61 Å². The summed E-state index contributed by atoms with van der Waals surface area (Å²) in [6, 6.07) is 0. The molecule has 0 unspecified atom stereocenters. The molecule has 0 radical (unpaired) electrons. The van der Waals surface area contributed by atoms with E-state index in [4.69, 9.17) is 5.11 Å². The summed E-state index contributed by atoms with van der Waals surface area (Å²) >= 11 is 0. The zero-order valence-corrected chi connectivity index (χ0v) is 3.51. The molecule has 0 fully saturated rings. The molecule has 3 nitrogen and oxygen atoms in total. The molecular formula is C2H4LiNO2. The van der Waals surface area contributed by atoms with Gasteiger partial charge in [-0.15, -0.1) is 0 Å². The van der Waals surface area contributed by atoms with Crippen LogP contribution in [-0.4, -0.2) is 11.0 Å². The van der Waals surface area contributed by atoms with Gasteiger partial charge in [-0.1, -0.05) is 0 Å². The van der Waals surface area contributed by atoms with Gasteiger partial charge in [-0.25, -0.2) is 0 Å². The third-order valence-electron chi connectivity index (χ3n) is 0.127. The summed E-state index contributed by atoms with van der Waals surface area (Å²) in [4.78, 5) is 9.28. The second-order valence-corrected chi connectivity index (χ2v) is 0.531. The van der Waals surface area contributed by atoms with Crippen molar-refractivity contribution in [3.63, 3.8) is 0 Å². The monoisotopic (exact) mass is 81.0 g/mol. The van der Waals surface area contributed by atoms with Crippen molar-refractivity contribution in [1.82, 2.24) is 0 Å². The van der Waals surface area contributed by atoms with Gasteiger partial charge >= 0.3 is 18.9 Å². The largest absolute Gasteiger partial charge is 1.00 e. The molecule has 30 valence electrons. The molecular weight excluding hydrogens is 77.0 g/mol. The maximum atomic E-state index is 9.28. The van der Waals surface area contributed by atoms with Crippen molar-refractivity contribution in [2.45, 2.75) is 0 Å². The average Bonchev–Trinajstić information content (AvgIpc) is 1.38. The summed E-state index contributed by atoms with van der Waals surface area (Å²) in [7, 11) is 0. The predicted octanol–water partition coefficient (Wildman–Crippen LogP) is -3.99. The maximum Gasteiger partial charge on any atom is 1.00 e. The molecule has 0 aliphatic heterocycles. The number of hydrogen-bond acceptors (Lipinski definition) is 2. The fourth-order valence-corrected chi connectivity index (χ4v) is 0. The van der Waals surface area contributed by atoms with Crippen LogP contribution in [0.4, 0.5) is 0 Å². The molecule has 0 atom stereocenters. The van der Waals surface area contributed by atoms with Gasteiger partial charge in [0.15, 0.2) is 0 Å². The number of aliphatic hydroxyl groups excluding tert-OH is 1. The fourth-order valence-electron chi connectivity index (χ4n) is 0. The van der Waals surface area contributed by atoms with Crippen LogP contribution >= 0.6 is 0 Å². The maximum absolute atomic E-state index is 9.28. The third kappa shape index (κ3) is 9.09. The Morgan fingerprint density at radius 2 is 2.00 bits per heavy atom. The summed E-state index contributed by atoms with van der Waals surface area (Å²) in [5.74, 6) is -0.815. The Morgan fingerprint density at radius 3 is 2.00 bits per heavy atom. The molecule has 0 spiro atoms. The summed E-state index contributed by atoms with van der Waals surface area (Å²) in [6.07, 6.45) is 0. The van der Waals surface area contributed by atoms with Crippen molar-refractivity contribution in [2.24, 2.45) is 5.73 Å². The number of nitrogens with two attached hydrogens (primary N) is 1. The molecule has 0 rings (SSSR count). The Morgan fingerprint density at radius 1 is 1.83 bits per heavy atom. The van der Waals surface area contributed by atoms with E-state index >= 15 is 0 Å². The molecule has 0 aliphatic rings. The Labute approximate surface area is 47.7 Å². The van der Waals surface area contributed by atoms with Gasteiger partial charge in [-0.2, -0.15) is 6.61 Å². The van der Waals surface area contributed by atoms with E-state index < -0.39 is 5.91 Å². The number of amides is 1. The van der Waals surface area contributed by atoms with Gasteiger partial charge in [0, 0.05) is 0 Å². The molecule has 0 heterocycles.